The number of aryl methyl sites for hydroxylation is 1. The molecule has 0 amide bonds. The first kappa shape index (κ1) is 22.2. The van der Waals surface area contributed by atoms with Crippen LogP contribution in [0.25, 0.3) is 22.2 Å². The first-order chi connectivity index (χ1) is 16.1. The maximum Gasteiger partial charge on any atom is 0.196 e. The third-order valence-corrected chi connectivity index (χ3v) is 6.70. The molecule has 1 aliphatic rings. The van der Waals surface area contributed by atoms with E-state index in [0.717, 1.165) is 33.7 Å². The van der Waals surface area contributed by atoms with Crippen LogP contribution >= 0.6 is 23.4 Å². The fourth-order valence-electron chi connectivity index (χ4n) is 3.82. The van der Waals surface area contributed by atoms with Crippen LogP contribution in [-0.2, 0) is 6.42 Å². The standard InChI is InChI=1S/C21H24ClN9OS/c1-3-13-16(22)15-18(28-13)29-21(33-12-7-14-17(26-8-12)25-6-5-24-14)30-19(15)31-9-11(10-31)27-20(32)23-4-2/h5-8,11,20,23,27,32H,3-4,9-10H2,1-2H3,(H,28,29,30). The summed E-state index contributed by atoms with van der Waals surface area (Å²) in [5.41, 5.74) is 2.96. The molecule has 1 atom stereocenters. The normalized spacial score (nSPS) is 15.3. The Hall–Kier alpha value is -2.57. The maximum absolute atomic E-state index is 9.96. The molecule has 0 aliphatic carbocycles. The average molecular weight is 486 g/mol. The largest absolute Gasteiger partial charge is 0.365 e. The Labute approximate surface area is 199 Å². The first-order valence-electron chi connectivity index (χ1n) is 10.8. The summed E-state index contributed by atoms with van der Waals surface area (Å²) in [5, 5.41) is 18.2. The quantitative estimate of drug-likeness (QED) is 0.218. The molecule has 4 aromatic heterocycles. The lowest BCUT2D eigenvalue weighted by atomic mass is 10.1. The van der Waals surface area contributed by atoms with Gasteiger partial charge in [0.1, 0.15) is 17.0 Å². The first-order valence-corrected chi connectivity index (χ1v) is 12.0. The summed E-state index contributed by atoms with van der Waals surface area (Å²) >= 11 is 8.11. The number of aliphatic hydroxyl groups excluding tert-OH is 1. The van der Waals surface area contributed by atoms with Gasteiger partial charge >= 0.3 is 0 Å². The van der Waals surface area contributed by atoms with Crippen LogP contribution in [0.4, 0.5) is 5.82 Å². The number of rotatable bonds is 8. The van der Waals surface area contributed by atoms with Crippen molar-refractivity contribution in [3.05, 3.63) is 35.4 Å². The van der Waals surface area contributed by atoms with Crippen molar-refractivity contribution in [2.75, 3.05) is 24.5 Å². The van der Waals surface area contributed by atoms with Gasteiger partial charge in [0.2, 0.25) is 0 Å². The minimum absolute atomic E-state index is 0.145. The number of aromatic nitrogens is 6. The molecule has 1 aliphatic heterocycles. The number of fused-ring (bicyclic) bond motifs is 2. The molecule has 0 spiro atoms. The van der Waals surface area contributed by atoms with Gasteiger partial charge in [-0.05, 0) is 30.8 Å². The van der Waals surface area contributed by atoms with Crippen LogP contribution in [0.2, 0.25) is 5.02 Å². The summed E-state index contributed by atoms with van der Waals surface area (Å²) in [6.45, 7) is 6.09. The van der Waals surface area contributed by atoms with Crippen molar-refractivity contribution in [2.45, 2.75) is 42.7 Å². The third kappa shape index (κ3) is 4.46. The highest BCUT2D eigenvalue weighted by Crippen LogP contribution is 2.38. The number of nitrogens with one attached hydrogen (secondary N) is 3. The summed E-state index contributed by atoms with van der Waals surface area (Å²) in [4.78, 5) is 28.9. The summed E-state index contributed by atoms with van der Waals surface area (Å²) in [6.07, 6.45) is 5.06. The van der Waals surface area contributed by atoms with Gasteiger partial charge in [-0.25, -0.2) is 19.9 Å². The number of pyridine rings is 1. The smallest absolute Gasteiger partial charge is 0.196 e. The summed E-state index contributed by atoms with van der Waals surface area (Å²) < 4.78 is 0. The molecule has 1 fully saturated rings. The monoisotopic (exact) mass is 485 g/mol. The van der Waals surface area contributed by atoms with Crippen LogP contribution in [0.5, 0.6) is 0 Å². The highest BCUT2D eigenvalue weighted by molar-refractivity contribution is 7.99. The van der Waals surface area contributed by atoms with Crippen molar-refractivity contribution < 1.29 is 5.11 Å². The average Bonchev–Trinajstić information content (AvgIpc) is 3.11. The molecule has 1 unspecified atom stereocenters. The highest BCUT2D eigenvalue weighted by atomic mass is 35.5. The predicted molar refractivity (Wildman–Crippen MR) is 129 cm³/mol. The third-order valence-electron chi connectivity index (χ3n) is 5.46. The van der Waals surface area contributed by atoms with Crippen molar-refractivity contribution in [3.8, 4) is 0 Å². The number of halogens is 1. The summed E-state index contributed by atoms with van der Waals surface area (Å²) in [5.74, 6) is 0.785. The second-order valence-corrected chi connectivity index (χ2v) is 9.14. The van der Waals surface area contributed by atoms with Crippen molar-refractivity contribution in [3.63, 3.8) is 0 Å². The van der Waals surface area contributed by atoms with Crippen molar-refractivity contribution in [1.29, 1.82) is 0 Å². The zero-order chi connectivity index (χ0) is 22.9. The van der Waals surface area contributed by atoms with Crippen molar-refractivity contribution in [1.82, 2.24) is 40.5 Å². The SMILES string of the molecule is CCNC(O)NC1CN(c2nc(Sc3cnc4nccnc4c3)nc3[nH]c(CC)c(Cl)c23)C1. The van der Waals surface area contributed by atoms with Gasteiger partial charge in [0, 0.05) is 48.3 Å². The van der Waals surface area contributed by atoms with Gasteiger partial charge in [0.05, 0.1) is 10.4 Å². The Morgan fingerprint density at radius 2 is 2.06 bits per heavy atom. The topological polar surface area (TPSA) is 128 Å². The lowest BCUT2D eigenvalue weighted by Crippen LogP contribution is -2.62. The van der Waals surface area contributed by atoms with Crippen LogP contribution in [0.15, 0.2) is 34.7 Å². The molecule has 4 aromatic rings. The molecule has 5 rings (SSSR count). The van der Waals surface area contributed by atoms with E-state index in [2.05, 4.69) is 35.5 Å². The number of nitrogens with zero attached hydrogens (tertiary/aromatic N) is 6. The summed E-state index contributed by atoms with van der Waals surface area (Å²) in [7, 11) is 0. The second kappa shape index (κ2) is 9.35. The van der Waals surface area contributed by atoms with E-state index in [0.29, 0.717) is 41.1 Å². The zero-order valence-electron chi connectivity index (χ0n) is 18.2. The molecular formula is C21H24ClN9OS. The van der Waals surface area contributed by atoms with E-state index in [1.807, 2.05) is 19.9 Å². The predicted octanol–water partition coefficient (Wildman–Crippen LogP) is 2.33. The Kier molecular flexibility index (Phi) is 6.30. The number of hydrogen-bond acceptors (Lipinski definition) is 10. The van der Waals surface area contributed by atoms with Crippen molar-refractivity contribution >= 4 is 51.4 Å². The molecule has 4 N–H and O–H groups in total. The van der Waals surface area contributed by atoms with E-state index in [4.69, 9.17) is 21.6 Å². The maximum atomic E-state index is 9.96. The second-order valence-electron chi connectivity index (χ2n) is 7.73. The van der Waals surface area contributed by atoms with Gasteiger partial charge in [-0.1, -0.05) is 25.4 Å². The van der Waals surface area contributed by atoms with Crippen LogP contribution in [-0.4, -0.2) is 67.0 Å². The molecule has 0 saturated carbocycles. The van der Waals surface area contributed by atoms with Crippen LogP contribution in [0.1, 0.15) is 19.5 Å². The fourth-order valence-corrected chi connectivity index (χ4v) is 4.93. The van der Waals surface area contributed by atoms with Crippen molar-refractivity contribution in [2.24, 2.45) is 0 Å². The highest BCUT2D eigenvalue weighted by Gasteiger charge is 2.32. The minimum Gasteiger partial charge on any atom is -0.365 e. The summed E-state index contributed by atoms with van der Waals surface area (Å²) in [6, 6.07) is 2.07. The molecule has 33 heavy (non-hydrogen) atoms. The van der Waals surface area contributed by atoms with E-state index in [1.165, 1.54) is 11.8 Å². The Morgan fingerprint density at radius 3 is 2.85 bits per heavy atom. The van der Waals surface area contributed by atoms with E-state index < -0.39 is 6.35 Å². The van der Waals surface area contributed by atoms with Crippen LogP contribution in [0.3, 0.4) is 0 Å². The van der Waals surface area contributed by atoms with Gasteiger partial charge in [0.15, 0.2) is 17.2 Å². The molecule has 0 aromatic carbocycles. The number of aromatic amines is 1. The van der Waals surface area contributed by atoms with E-state index in [9.17, 15) is 5.11 Å². The van der Waals surface area contributed by atoms with Crippen LogP contribution in [0, 0.1) is 0 Å². The number of aliphatic hydroxyl groups is 1. The molecule has 5 heterocycles. The fraction of sp³-hybridized carbons (Fsp3) is 0.381. The lowest BCUT2D eigenvalue weighted by molar-refractivity contribution is 0.0847. The Balaban J connectivity index is 1.45. The van der Waals surface area contributed by atoms with Gasteiger partial charge in [0.25, 0.3) is 0 Å². The molecule has 1 saturated heterocycles. The Morgan fingerprint density at radius 1 is 1.24 bits per heavy atom. The van der Waals surface area contributed by atoms with E-state index in [1.54, 1.807) is 18.6 Å². The van der Waals surface area contributed by atoms with E-state index >= 15 is 0 Å². The minimum atomic E-state index is -0.732. The van der Waals surface area contributed by atoms with E-state index in [-0.39, 0.29) is 6.04 Å². The number of H-pyrrole nitrogens is 1. The molecule has 172 valence electrons. The van der Waals surface area contributed by atoms with Gasteiger partial charge in [-0.2, -0.15) is 0 Å². The van der Waals surface area contributed by atoms with Gasteiger partial charge in [-0.3, -0.25) is 15.6 Å². The molecule has 12 heteroatoms. The molecule has 0 radical (unpaired) electrons. The lowest BCUT2D eigenvalue weighted by Gasteiger charge is -2.41. The number of hydrogen-bond donors (Lipinski definition) is 4. The Bertz CT molecular complexity index is 1290. The molecular weight excluding hydrogens is 462 g/mol. The van der Waals surface area contributed by atoms with Gasteiger partial charge < -0.3 is 15.0 Å². The van der Waals surface area contributed by atoms with Crippen LogP contribution < -0.4 is 15.5 Å². The molecule has 0 bridgehead atoms. The number of anilines is 1. The van der Waals surface area contributed by atoms with Gasteiger partial charge in [-0.15, -0.1) is 0 Å². The molecule has 10 nitrogen and oxygen atoms in total. The zero-order valence-corrected chi connectivity index (χ0v) is 19.8.